The minimum absolute atomic E-state index is 0.752. The third kappa shape index (κ3) is 3.12. The highest BCUT2D eigenvalue weighted by Crippen LogP contribution is 2.28. The van der Waals surface area contributed by atoms with Gasteiger partial charge in [-0.3, -0.25) is 0 Å². The second-order valence-electron chi connectivity index (χ2n) is 5.66. The van der Waals surface area contributed by atoms with Crippen LogP contribution in [0, 0.1) is 0 Å². The number of hydrogen-bond donors (Lipinski definition) is 0. The molecule has 0 unspecified atom stereocenters. The lowest BCUT2D eigenvalue weighted by atomic mass is 10.1. The van der Waals surface area contributed by atoms with E-state index in [1.54, 1.807) is 0 Å². The van der Waals surface area contributed by atoms with Gasteiger partial charge in [0.2, 0.25) is 0 Å². The molecule has 1 aromatic heterocycles. The first-order chi connectivity index (χ1) is 11.8. The molecule has 2 heteroatoms. The van der Waals surface area contributed by atoms with Crippen LogP contribution in [0.1, 0.15) is 11.1 Å². The Labute approximate surface area is 145 Å². The van der Waals surface area contributed by atoms with Gasteiger partial charge in [0.15, 0.2) is 0 Å². The molecule has 1 heterocycles. The van der Waals surface area contributed by atoms with Crippen molar-refractivity contribution < 1.29 is 4.42 Å². The van der Waals surface area contributed by atoms with Crippen LogP contribution in [0.3, 0.4) is 0 Å². The fourth-order valence-corrected chi connectivity index (χ4v) is 2.77. The van der Waals surface area contributed by atoms with E-state index in [0.29, 0.717) is 0 Å². The summed E-state index contributed by atoms with van der Waals surface area (Å²) in [6, 6.07) is 26.3. The standard InChI is InChI=1S/C22H15ClO/c23-20-13-9-17(10-14-20)6-5-16-7-11-18(12-8-16)22-15-19-3-1-2-4-21(19)24-22/h1-15H/b6-5+. The zero-order valence-electron chi connectivity index (χ0n) is 12.9. The van der Waals surface area contributed by atoms with Gasteiger partial charge in [-0.05, 0) is 35.4 Å². The average molecular weight is 331 g/mol. The number of benzene rings is 3. The van der Waals surface area contributed by atoms with E-state index in [1.807, 2.05) is 42.5 Å². The SMILES string of the molecule is Clc1ccc(/C=C/c2ccc(-c3cc4ccccc4o3)cc2)cc1. The van der Waals surface area contributed by atoms with E-state index in [4.69, 9.17) is 16.0 Å². The molecule has 4 rings (SSSR count). The van der Waals surface area contributed by atoms with Crippen molar-refractivity contribution in [3.63, 3.8) is 0 Å². The largest absolute Gasteiger partial charge is 0.456 e. The quantitative estimate of drug-likeness (QED) is 0.371. The van der Waals surface area contributed by atoms with Crippen molar-refractivity contribution >= 4 is 34.7 Å². The van der Waals surface area contributed by atoms with Crippen LogP contribution < -0.4 is 0 Å². The molecule has 0 fully saturated rings. The first-order valence-electron chi connectivity index (χ1n) is 7.81. The van der Waals surface area contributed by atoms with Crippen molar-refractivity contribution in [2.45, 2.75) is 0 Å². The lowest BCUT2D eigenvalue weighted by molar-refractivity contribution is 0.631. The van der Waals surface area contributed by atoms with Crippen molar-refractivity contribution in [1.82, 2.24) is 0 Å². The van der Waals surface area contributed by atoms with E-state index in [9.17, 15) is 0 Å². The minimum atomic E-state index is 0.752. The van der Waals surface area contributed by atoms with Gasteiger partial charge in [-0.1, -0.05) is 78.4 Å². The molecule has 0 saturated heterocycles. The van der Waals surface area contributed by atoms with Gasteiger partial charge < -0.3 is 4.42 Å². The zero-order valence-corrected chi connectivity index (χ0v) is 13.7. The first-order valence-corrected chi connectivity index (χ1v) is 8.18. The van der Waals surface area contributed by atoms with Gasteiger partial charge in [0.25, 0.3) is 0 Å². The van der Waals surface area contributed by atoms with E-state index >= 15 is 0 Å². The zero-order chi connectivity index (χ0) is 16.4. The third-order valence-electron chi connectivity index (χ3n) is 3.96. The Balaban J connectivity index is 1.57. The van der Waals surface area contributed by atoms with Gasteiger partial charge in [0.1, 0.15) is 11.3 Å². The van der Waals surface area contributed by atoms with Crippen molar-refractivity contribution in [3.05, 3.63) is 95.0 Å². The molecule has 0 aliphatic carbocycles. The van der Waals surface area contributed by atoms with Crippen LogP contribution in [0.5, 0.6) is 0 Å². The molecule has 0 saturated carbocycles. The van der Waals surface area contributed by atoms with Crippen molar-refractivity contribution in [2.24, 2.45) is 0 Å². The number of para-hydroxylation sites is 1. The van der Waals surface area contributed by atoms with Crippen LogP contribution in [0.4, 0.5) is 0 Å². The summed E-state index contributed by atoms with van der Waals surface area (Å²) < 4.78 is 5.90. The smallest absolute Gasteiger partial charge is 0.135 e. The van der Waals surface area contributed by atoms with Crippen LogP contribution >= 0.6 is 11.6 Å². The van der Waals surface area contributed by atoms with Gasteiger partial charge in [-0.15, -0.1) is 0 Å². The molecular formula is C22H15ClO. The lowest BCUT2D eigenvalue weighted by Gasteiger charge is -1.99. The molecule has 24 heavy (non-hydrogen) atoms. The molecule has 4 aromatic rings. The van der Waals surface area contributed by atoms with Gasteiger partial charge in [-0.25, -0.2) is 0 Å². The van der Waals surface area contributed by atoms with Crippen LogP contribution in [-0.2, 0) is 0 Å². The van der Waals surface area contributed by atoms with Gasteiger partial charge >= 0.3 is 0 Å². The molecule has 0 radical (unpaired) electrons. The second kappa shape index (κ2) is 6.38. The molecule has 0 aliphatic heterocycles. The molecule has 0 N–H and O–H groups in total. The summed E-state index contributed by atoms with van der Waals surface area (Å²) in [4.78, 5) is 0. The Morgan fingerprint density at radius 2 is 1.33 bits per heavy atom. The van der Waals surface area contributed by atoms with Crippen molar-refractivity contribution in [2.75, 3.05) is 0 Å². The molecule has 1 nitrogen and oxygen atoms in total. The Morgan fingerprint density at radius 3 is 2.00 bits per heavy atom. The van der Waals surface area contributed by atoms with Crippen LogP contribution in [0.2, 0.25) is 5.02 Å². The maximum absolute atomic E-state index is 5.90. The average Bonchev–Trinajstić information content (AvgIpc) is 3.06. The number of fused-ring (bicyclic) bond motifs is 1. The number of furan rings is 1. The van der Waals surface area contributed by atoms with Crippen LogP contribution in [0.25, 0.3) is 34.4 Å². The molecule has 3 aromatic carbocycles. The number of rotatable bonds is 3. The van der Waals surface area contributed by atoms with Crippen LogP contribution in [0.15, 0.2) is 83.3 Å². The Kier molecular flexibility index (Phi) is 3.94. The van der Waals surface area contributed by atoms with E-state index in [-0.39, 0.29) is 0 Å². The molecule has 0 amide bonds. The summed E-state index contributed by atoms with van der Waals surface area (Å²) in [5.41, 5.74) is 4.26. The summed E-state index contributed by atoms with van der Waals surface area (Å²) in [5.74, 6) is 0.893. The first kappa shape index (κ1) is 14.8. The molecule has 0 bridgehead atoms. The highest BCUT2D eigenvalue weighted by Gasteiger charge is 2.05. The predicted molar refractivity (Wildman–Crippen MR) is 102 cm³/mol. The molecule has 116 valence electrons. The highest BCUT2D eigenvalue weighted by molar-refractivity contribution is 6.30. The van der Waals surface area contributed by atoms with Gasteiger partial charge in [0.05, 0.1) is 0 Å². The fraction of sp³-hybridized carbons (Fsp3) is 0. The Bertz CT molecular complexity index is 959. The highest BCUT2D eigenvalue weighted by atomic mass is 35.5. The molecule has 0 aliphatic rings. The molecule has 0 atom stereocenters. The lowest BCUT2D eigenvalue weighted by Crippen LogP contribution is -1.76. The molecular weight excluding hydrogens is 316 g/mol. The summed E-state index contributed by atoms with van der Waals surface area (Å²) in [6.45, 7) is 0. The number of halogens is 1. The normalized spacial score (nSPS) is 11.4. The van der Waals surface area contributed by atoms with E-state index in [1.165, 1.54) is 0 Å². The second-order valence-corrected chi connectivity index (χ2v) is 6.09. The van der Waals surface area contributed by atoms with Gasteiger partial charge in [0, 0.05) is 16.0 Å². The fourth-order valence-electron chi connectivity index (χ4n) is 2.65. The maximum Gasteiger partial charge on any atom is 0.135 e. The topological polar surface area (TPSA) is 13.1 Å². The Hall–Kier alpha value is -2.77. The molecule has 0 spiro atoms. The number of hydrogen-bond acceptors (Lipinski definition) is 1. The van der Waals surface area contributed by atoms with Gasteiger partial charge in [-0.2, -0.15) is 0 Å². The Morgan fingerprint density at radius 1 is 0.708 bits per heavy atom. The summed E-state index contributed by atoms with van der Waals surface area (Å²) in [5, 5.41) is 1.88. The summed E-state index contributed by atoms with van der Waals surface area (Å²) in [7, 11) is 0. The summed E-state index contributed by atoms with van der Waals surface area (Å²) >= 11 is 5.90. The maximum atomic E-state index is 5.90. The monoisotopic (exact) mass is 330 g/mol. The van der Waals surface area contributed by atoms with Crippen LogP contribution in [-0.4, -0.2) is 0 Å². The minimum Gasteiger partial charge on any atom is -0.456 e. The van der Waals surface area contributed by atoms with Crippen molar-refractivity contribution in [1.29, 1.82) is 0 Å². The summed E-state index contributed by atoms with van der Waals surface area (Å²) in [6.07, 6.45) is 4.16. The third-order valence-corrected chi connectivity index (χ3v) is 4.21. The van der Waals surface area contributed by atoms with Crippen molar-refractivity contribution in [3.8, 4) is 11.3 Å². The van der Waals surface area contributed by atoms with E-state index < -0.39 is 0 Å². The van der Waals surface area contributed by atoms with E-state index in [2.05, 4.69) is 48.6 Å². The van der Waals surface area contributed by atoms with E-state index in [0.717, 1.165) is 38.4 Å². The predicted octanol–water partition coefficient (Wildman–Crippen LogP) is 6.92.